The zero-order valence-corrected chi connectivity index (χ0v) is 6.34. The molecule has 2 rings (SSSR count). The number of hydrogen-bond acceptors (Lipinski definition) is 2. The van der Waals surface area contributed by atoms with Gasteiger partial charge in [0.25, 0.3) is 0 Å². The summed E-state index contributed by atoms with van der Waals surface area (Å²) >= 11 is 0. The lowest BCUT2D eigenvalue weighted by atomic mass is 9.82. The maximum absolute atomic E-state index is 8.82. The smallest absolute Gasteiger partial charge is 0.0436 e. The second kappa shape index (κ2) is 2.21. The monoisotopic (exact) mass is 141 g/mol. The van der Waals surface area contributed by atoms with Crippen molar-refractivity contribution in [1.82, 2.24) is 4.90 Å². The van der Waals surface area contributed by atoms with Crippen molar-refractivity contribution < 1.29 is 5.11 Å². The lowest BCUT2D eigenvalue weighted by molar-refractivity contribution is 0.200. The minimum atomic E-state index is 0.383. The summed E-state index contributed by atoms with van der Waals surface area (Å²) < 4.78 is 0. The predicted molar refractivity (Wildman–Crippen MR) is 39.8 cm³/mol. The first-order valence-corrected chi connectivity index (χ1v) is 4.18. The van der Waals surface area contributed by atoms with Crippen molar-refractivity contribution in [2.75, 3.05) is 26.2 Å². The van der Waals surface area contributed by atoms with Crippen LogP contribution >= 0.6 is 0 Å². The van der Waals surface area contributed by atoms with Gasteiger partial charge in [0.15, 0.2) is 0 Å². The molecule has 0 aliphatic carbocycles. The standard InChI is InChI=1S/C8H15NO/c10-6-3-8-1-4-9(7-8)5-2-8/h10H,1-7H2. The van der Waals surface area contributed by atoms with Crippen molar-refractivity contribution in [2.45, 2.75) is 19.3 Å². The number of aliphatic hydroxyl groups is 1. The van der Waals surface area contributed by atoms with Gasteiger partial charge in [0, 0.05) is 13.2 Å². The van der Waals surface area contributed by atoms with Gasteiger partial charge in [-0.15, -0.1) is 0 Å². The molecule has 0 spiro atoms. The summed E-state index contributed by atoms with van der Waals surface area (Å²) in [7, 11) is 0. The van der Waals surface area contributed by atoms with Gasteiger partial charge in [0.1, 0.15) is 0 Å². The topological polar surface area (TPSA) is 23.5 Å². The molecule has 0 amide bonds. The summed E-state index contributed by atoms with van der Waals surface area (Å²) in [6.07, 6.45) is 3.69. The maximum atomic E-state index is 8.82. The molecule has 2 aliphatic heterocycles. The molecule has 2 bridgehead atoms. The van der Waals surface area contributed by atoms with Gasteiger partial charge in [0.2, 0.25) is 0 Å². The minimum Gasteiger partial charge on any atom is -0.396 e. The van der Waals surface area contributed by atoms with Crippen LogP contribution < -0.4 is 0 Å². The molecule has 2 heterocycles. The normalized spacial score (nSPS) is 44.7. The summed E-state index contributed by atoms with van der Waals surface area (Å²) in [6, 6.07) is 0. The molecule has 0 saturated carbocycles. The lowest BCUT2D eigenvalue weighted by Gasteiger charge is -2.23. The van der Waals surface area contributed by atoms with Crippen LogP contribution in [0.3, 0.4) is 0 Å². The molecule has 58 valence electrons. The van der Waals surface area contributed by atoms with Crippen LogP contribution in [0.4, 0.5) is 0 Å². The van der Waals surface area contributed by atoms with Crippen molar-refractivity contribution in [3.05, 3.63) is 0 Å². The Labute approximate surface area is 61.8 Å². The van der Waals surface area contributed by atoms with E-state index in [4.69, 9.17) is 5.11 Å². The molecule has 0 atom stereocenters. The molecular formula is C8H15NO. The van der Waals surface area contributed by atoms with Gasteiger partial charge in [0.05, 0.1) is 0 Å². The van der Waals surface area contributed by atoms with Crippen molar-refractivity contribution in [3.63, 3.8) is 0 Å². The second-order valence-electron chi connectivity index (χ2n) is 3.75. The maximum Gasteiger partial charge on any atom is 0.0436 e. The van der Waals surface area contributed by atoms with Crippen molar-refractivity contribution in [2.24, 2.45) is 5.41 Å². The molecule has 2 saturated heterocycles. The molecule has 0 radical (unpaired) electrons. The fourth-order valence-corrected chi connectivity index (χ4v) is 2.38. The van der Waals surface area contributed by atoms with Gasteiger partial charge in [-0.2, -0.15) is 0 Å². The molecule has 2 aliphatic rings. The Morgan fingerprint density at radius 3 is 2.40 bits per heavy atom. The first-order valence-electron chi connectivity index (χ1n) is 4.18. The molecule has 0 aromatic heterocycles. The average Bonchev–Trinajstić information content (AvgIpc) is 2.46. The van der Waals surface area contributed by atoms with Crippen molar-refractivity contribution in [3.8, 4) is 0 Å². The Kier molecular flexibility index (Phi) is 1.46. The van der Waals surface area contributed by atoms with Gasteiger partial charge in [-0.25, -0.2) is 0 Å². The van der Waals surface area contributed by atoms with E-state index in [0.717, 1.165) is 6.42 Å². The Bertz CT molecular complexity index is 127. The zero-order chi connectivity index (χ0) is 7.03. The number of piperidine rings is 1. The van der Waals surface area contributed by atoms with E-state index < -0.39 is 0 Å². The van der Waals surface area contributed by atoms with E-state index >= 15 is 0 Å². The molecule has 2 nitrogen and oxygen atoms in total. The molecular weight excluding hydrogens is 126 g/mol. The fraction of sp³-hybridized carbons (Fsp3) is 1.00. The number of nitrogens with zero attached hydrogens (tertiary/aromatic N) is 1. The van der Waals surface area contributed by atoms with E-state index in [2.05, 4.69) is 4.90 Å². The number of rotatable bonds is 2. The predicted octanol–water partition coefficient (Wildman–Crippen LogP) is 0.465. The first kappa shape index (κ1) is 6.62. The largest absolute Gasteiger partial charge is 0.396 e. The van der Waals surface area contributed by atoms with Gasteiger partial charge in [-0.1, -0.05) is 0 Å². The van der Waals surface area contributed by atoms with Crippen LogP contribution in [0.25, 0.3) is 0 Å². The van der Waals surface area contributed by atoms with Crippen LogP contribution in [0.5, 0.6) is 0 Å². The minimum absolute atomic E-state index is 0.383. The van der Waals surface area contributed by atoms with E-state index in [0.29, 0.717) is 12.0 Å². The van der Waals surface area contributed by atoms with Crippen LogP contribution in [-0.4, -0.2) is 36.2 Å². The highest BCUT2D eigenvalue weighted by atomic mass is 16.3. The third-order valence-corrected chi connectivity index (χ3v) is 3.12. The van der Waals surface area contributed by atoms with Gasteiger partial charge < -0.3 is 10.0 Å². The first-order chi connectivity index (χ1) is 4.85. The Balaban J connectivity index is 2.01. The van der Waals surface area contributed by atoms with Gasteiger partial charge in [-0.05, 0) is 37.8 Å². The summed E-state index contributed by atoms with van der Waals surface area (Å²) in [5, 5.41) is 8.82. The fourth-order valence-electron chi connectivity index (χ4n) is 2.38. The molecule has 0 unspecified atom stereocenters. The third kappa shape index (κ3) is 0.867. The third-order valence-electron chi connectivity index (χ3n) is 3.12. The van der Waals surface area contributed by atoms with E-state index in [1.807, 2.05) is 0 Å². The SMILES string of the molecule is OCCC12CCN(CC1)C2. The highest BCUT2D eigenvalue weighted by Gasteiger charge is 2.42. The molecule has 1 N–H and O–H groups in total. The van der Waals surface area contributed by atoms with E-state index in [-0.39, 0.29) is 0 Å². The van der Waals surface area contributed by atoms with Gasteiger partial charge in [-0.3, -0.25) is 0 Å². The van der Waals surface area contributed by atoms with Crippen molar-refractivity contribution in [1.29, 1.82) is 0 Å². The second-order valence-corrected chi connectivity index (χ2v) is 3.75. The number of aliphatic hydroxyl groups excluding tert-OH is 1. The van der Waals surface area contributed by atoms with Gasteiger partial charge >= 0.3 is 0 Å². The van der Waals surface area contributed by atoms with Crippen LogP contribution in [-0.2, 0) is 0 Å². The molecule has 0 aromatic carbocycles. The summed E-state index contributed by atoms with van der Waals surface area (Å²) in [5.74, 6) is 0. The van der Waals surface area contributed by atoms with Crippen LogP contribution in [0, 0.1) is 5.41 Å². The molecule has 2 fully saturated rings. The van der Waals surface area contributed by atoms with E-state index in [1.54, 1.807) is 0 Å². The highest BCUT2D eigenvalue weighted by Crippen LogP contribution is 2.42. The number of hydrogen-bond donors (Lipinski definition) is 1. The van der Waals surface area contributed by atoms with Crippen LogP contribution in [0.2, 0.25) is 0 Å². The highest BCUT2D eigenvalue weighted by molar-refractivity contribution is 4.96. The Morgan fingerprint density at radius 1 is 1.30 bits per heavy atom. The van der Waals surface area contributed by atoms with E-state index in [1.165, 1.54) is 32.5 Å². The summed E-state index contributed by atoms with van der Waals surface area (Å²) in [4.78, 5) is 2.51. The van der Waals surface area contributed by atoms with E-state index in [9.17, 15) is 0 Å². The average molecular weight is 141 g/mol. The summed E-state index contributed by atoms with van der Waals surface area (Å²) in [5.41, 5.74) is 0.536. The van der Waals surface area contributed by atoms with Crippen LogP contribution in [0.1, 0.15) is 19.3 Å². The number of fused-ring (bicyclic) bond motifs is 2. The summed E-state index contributed by atoms with van der Waals surface area (Å²) in [6.45, 7) is 4.20. The Morgan fingerprint density at radius 2 is 2.00 bits per heavy atom. The zero-order valence-electron chi connectivity index (χ0n) is 6.34. The molecule has 2 heteroatoms. The van der Waals surface area contributed by atoms with Crippen molar-refractivity contribution >= 4 is 0 Å². The Hall–Kier alpha value is -0.0800. The lowest BCUT2D eigenvalue weighted by Crippen LogP contribution is -2.20. The van der Waals surface area contributed by atoms with Crippen LogP contribution in [0.15, 0.2) is 0 Å². The quantitative estimate of drug-likeness (QED) is 0.604. The molecule has 0 aromatic rings. The molecule has 10 heavy (non-hydrogen) atoms.